The summed E-state index contributed by atoms with van der Waals surface area (Å²) in [5.41, 5.74) is 2.05. The Bertz CT molecular complexity index is 942. The number of nitrogens with one attached hydrogen (secondary N) is 2. The highest BCUT2D eigenvalue weighted by molar-refractivity contribution is 14.1. The molecule has 0 aliphatic carbocycles. The van der Waals surface area contributed by atoms with Crippen LogP contribution in [0.4, 0.5) is 5.69 Å². The third-order valence-electron chi connectivity index (χ3n) is 3.56. The van der Waals surface area contributed by atoms with Crippen LogP contribution in [0.1, 0.15) is 26.5 Å². The summed E-state index contributed by atoms with van der Waals surface area (Å²) in [5, 5.41) is 6.21. The van der Waals surface area contributed by atoms with Gasteiger partial charge in [0.05, 0.1) is 11.8 Å². The molecule has 3 aromatic rings. The third kappa shape index (κ3) is 4.64. The Morgan fingerprint density at radius 2 is 1.88 bits per heavy atom. The average Bonchev–Trinajstić information content (AvgIpc) is 3.15. The molecule has 3 rings (SSSR count). The second-order valence-corrected chi connectivity index (χ2v) is 7.04. The van der Waals surface area contributed by atoms with Crippen molar-refractivity contribution in [3.05, 3.63) is 86.3 Å². The van der Waals surface area contributed by atoms with Crippen LogP contribution in [0.2, 0.25) is 5.02 Å². The number of benzene rings is 2. The predicted molar refractivity (Wildman–Crippen MR) is 108 cm³/mol. The fourth-order valence-corrected chi connectivity index (χ4v) is 3.43. The summed E-state index contributed by atoms with van der Waals surface area (Å²) in [6.45, 7) is 0.335. The molecule has 7 heteroatoms. The second-order valence-electron chi connectivity index (χ2n) is 5.44. The van der Waals surface area contributed by atoms with Crippen molar-refractivity contribution in [3.63, 3.8) is 0 Å². The molecule has 0 fully saturated rings. The van der Waals surface area contributed by atoms with Gasteiger partial charge in [0, 0.05) is 20.8 Å². The van der Waals surface area contributed by atoms with E-state index >= 15 is 0 Å². The van der Waals surface area contributed by atoms with Gasteiger partial charge in [-0.2, -0.15) is 0 Å². The molecule has 5 nitrogen and oxygen atoms in total. The molecule has 0 unspecified atom stereocenters. The first-order valence-corrected chi connectivity index (χ1v) is 9.15. The Kier molecular flexibility index (Phi) is 5.95. The number of hydrogen-bond donors (Lipinski definition) is 2. The van der Waals surface area contributed by atoms with Crippen LogP contribution < -0.4 is 10.6 Å². The predicted octanol–water partition coefficient (Wildman–Crippen LogP) is 4.72. The molecule has 0 saturated carbocycles. The van der Waals surface area contributed by atoms with Crippen molar-refractivity contribution in [1.29, 1.82) is 0 Å². The molecule has 0 bridgehead atoms. The van der Waals surface area contributed by atoms with Crippen molar-refractivity contribution in [2.24, 2.45) is 0 Å². The van der Waals surface area contributed by atoms with E-state index in [2.05, 4.69) is 33.2 Å². The number of carbonyl (C=O) groups excluding carboxylic acids is 2. The summed E-state index contributed by atoms with van der Waals surface area (Å²) in [4.78, 5) is 24.3. The summed E-state index contributed by atoms with van der Waals surface area (Å²) < 4.78 is 5.85. The van der Waals surface area contributed by atoms with Crippen molar-refractivity contribution >= 4 is 51.7 Å². The van der Waals surface area contributed by atoms with Crippen molar-refractivity contribution < 1.29 is 14.0 Å². The first-order chi connectivity index (χ1) is 12.5. The zero-order chi connectivity index (χ0) is 18.5. The molecule has 1 aromatic heterocycles. The standard InChI is InChI=1S/C19H14ClIN2O3/c20-13-6-7-15(16(21)10-13)18(24)22-11-12-3-1-4-14(9-12)23-19(25)17-5-2-8-26-17/h1-10H,11H2,(H,22,24)(H,23,25). The van der Waals surface area contributed by atoms with Gasteiger partial charge in [-0.3, -0.25) is 9.59 Å². The summed E-state index contributed by atoms with van der Waals surface area (Å²) in [5.74, 6) is -0.274. The van der Waals surface area contributed by atoms with Crippen molar-refractivity contribution in [3.8, 4) is 0 Å². The van der Waals surface area contributed by atoms with Gasteiger partial charge in [-0.15, -0.1) is 0 Å². The van der Waals surface area contributed by atoms with Crippen molar-refractivity contribution in [1.82, 2.24) is 5.32 Å². The Balaban J connectivity index is 1.63. The lowest BCUT2D eigenvalue weighted by Gasteiger charge is -2.09. The highest BCUT2D eigenvalue weighted by atomic mass is 127. The Hall–Kier alpha value is -2.32. The quantitative estimate of drug-likeness (QED) is 0.519. The highest BCUT2D eigenvalue weighted by Gasteiger charge is 2.11. The minimum atomic E-state index is -0.327. The van der Waals surface area contributed by atoms with E-state index in [1.165, 1.54) is 6.26 Å². The third-order valence-corrected chi connectivity index (χ3v) is 4.69. The molecule has 1 heterocycles. The van der Waals surface area contributed by atoms with Crippen molar-refractivity contribution in [2.45, 2.75) is 6.54 Å². The van der Waals surface area contributed by atoms with Gasteiger partial charge in [0.2, 0.25) is 0 Å². The van der Waals surface area contributed by atoms with E-state index in [9.17, 15) is 9.59 Å². The van der Waals surface area contributed by atoms with Gasteiger partial charge in [-0.25, -0.2) is 0 Å². The van der Waals surface area contributed by atoms with Gasteiger partial charge < -0.3 is 15.1 Å². The monoisotopic (exact) mass is 480 g/mol. The summed E-state index contributed by atoms with van der Waals surface area (Å²) in [6.07, 6.45) is 1.44. The topological polar surface area (TPSA) is 71.3 Å². The van der Waals surface area contributed by atoms with E-state index in [-0.39, 0.29) is 17.6 Å². The summed E-state index contributed by atoms with van der Waals surface area (Å²) in [6, 6.07) is 15.6. The van der Waals surface area contributed by atoms with E-state index in [0.29, 0.717) is 22.8 Å². The maximum absolute atomic E-state index is 12.3. The van der Waals surface area contributed by atoms with Gasteiger partial charge in [-0.05, 0) is 70.6 Å². The normalized spacial score (nSPS) is 10.4. The van der Waals surface area contributed by atoms with Crippen molar-refractivity contribution in [2.75, 3.05) is 5.32 Å². The number of halogens is 2. The van der Waals surface area contributed by atoms with Crippen LogP contribution in [-0.2, 0) is 6.54 Å². The van der Waals surface area contributed by atoms with Crippen LogP contribution in [0.3, 0.4) is 0 Å². The van der Waals surface area contributed by atoms with E-state index in [1.807, 2.05) is 12.1 Å². The number of carbonyl (C=O) groups is 2. The smallest absolute Gasteiger partial charge is 0.291 e. The SMILES string of the molecule is O=C(Nc1cccc(CNC(=O)c2ccc(Cl)cc2I)c1)c1ccco1. The lowest BCUT2D eigenvalue weighted by Crippen LogP contribution is -2.23. The number of furan rings is 1. The van der Waals surface area contributed by atoms with Gasteiger partial charge in [0.1, 0.15) is 0 Å². The first-order valence-electron chi connectivity index (χ1n) is 7.70. The van der Waals surface area contributed by atoms with Crippen LogP contribution in [0.15, 0.2) is 65.3 Å². The lowest BCUT2D eigenvalue weighted by molar-refractivity contribution is 0.0948. The number of amides is 2. The molecule has 2 amide bonds. The van der Waals surface area contributed by atoms with E-state index in [4.69, 9.17) is 16.0 Å². The number of anilines is 1. The van der Waals surface area contributed by atoms with Gasteiger partial charge >= 0.3 is 0 Å². The van der Waals surface area contributed by atoms with Crippen LogP contribution in [0.25, 0.3) is 0 Å². The van der Waals surface area contributed by atoms with Gasteiger partial charge in [-0.1, -0.05) is 23.7 Å². The average molecular weight is 481 g/mol. The van der Waals surface area contributed by atoms with Crippen LogP contribution >= 0.6 is 34.2 Å². The molecular formula is C19H14ClIN2O3. The molecule has 0 atom stereocenters. The second kappa shape index (κ2) is 8.37. The van der Waals surface area contributed by atoms with Crippen LogP contribution in [0, 0.1) is 3.57 Å². The van der Waals surface area contributed by atoms with E-state index in [0.717, 1.165) is 9.13 Å². The molecule has 2 N–H and O–H groups in total. The first kappa shape index (κ1) is 18.5. The Morgan fingerprint density at radius 3 is 2.62 bits per heavy atom. The van der Waals surface area contributed by atoms with E-state index < -0.39 is 0 Å². The maximum atomic E-state index is 12.3. The largest absolute Gasteiger partial charge is 0.459 e. The molecule has 0 spiro atoms. The molecule has 2 aromatic carbocycles. The molecule has 0 aliphatic heterocycles. The molecule has 0 saturated heterocycles. The maximum Gasteiger partial charge on any atom is 0.291 e. The number of rotatable bonds is 5. The van der Waals surface area contributed by atoms with E-state index in [1.54, 1.807) is 42.5 Å². The van der Waals surface area contributed by atoms with Crippen LogP contribution in [-0.4, -0.2) is 11.8 Å². The Labute approximate surface area is 168 Å². The fraction of sp³-hybridized carbons (Fsp3) is 0.0526. The van der Waals surface area contributed by atoms with Crippen LogP contribution in [0.5, 0.6) is 0 Å². The Morgan fingerprint density at radius 1 is 1.04 bits per heavy atom. The molecule has 26 heavy (non-hydrogen) atoms. The highest BCUT2D eigenvalue weighted by Crippen LogP contribution is 2.18. The summed E-state index contributed by atoms with van der Waals surface area (Å²) >= 11 is 7.99. The fourth-order valence-electron chi connectivity index (χ4n) is 2.31. The zero-order valence-corrected chi connectivity index (χ0v) is 16.4. The molecular weight excluding hydrogens is 467 g/mol. The molecule has 132 valence electrons. The lowest BCUT2D eigenvalue weighted by atomic mass is 10.1. The van der Waals surface area contributed by atoms with Gasteiger partial charge in [0.25, 0.3) is 11.8 Å². The molecule has 0 aliphatic rings. The zero-order valence-electron chi connectivity index (χ0n) is 13.5. The molecule has 0 radical (unpaired) electrons. The van der Waals surface area contributed by atoms with Gasteiger partial charge in [0.15, 0.2) is 5.76 Å². The minimum absolute atomic E-state index is 0.184. The minimum Gasteiger partial charge on any atom is -0.459 e. The summed E-state index contributed by atoms with van der Waals surface area (Å²) in [7, 11) is 0. The number of hydrogen-bond acceptors (Lipinski definition) is 3.